The fourth-order valence-electron chi connectivity index (χ4n) is 8.22. The van der Waals surface area contributed by atoms with E-state index in [2.05, 4.69) is 20.8 Å². The van der Waals surface area contributed by atoms with E-state index in [9.17, 15) is 16.8 Å². The van der Waals surface area contributed by atoms with Crippen LogP contribution in [0.4, 0.5) is 0 Å². The third-order valence-electron chi connectivity index (χ3n) is 10.4. The highest BCUT2D eigenvalue weighted by Gasteiger charge is 2.51. The van der Waals surface area contributed by atoms with Crippen molar-refractivity contribution in [2.75, 3.05) is 19.6 Å². The van der Waals surface area contributed by atoms with Crippen LogP contribution in [0.1, 0.15) is 55.5 Å². The van der Waals surface area contributed by atoms with E-state index in [1.54, 1.807) is 42.5 Å². The van der Waals surface area contributed by atoms with Crippen LogP contribution in [0.2, 0.25) is 0 Å². The Balaban J connectivity index is 1.23. The van der Waals surface area contributed by atoms with Crippen LogP contribution >= 0.6 is 15.9 Å². The van der Waals surface area contributed by atoms with Crippen LogP contribution in [0.15, 0.2) is 81.0 Å². The van der Waals surface area contributed by atoms with E-state index >= 15 is 0 Å². The van der Waals surface area contributed by atoms with Gasteiger partial charge >= 0.3 is 0 Å². The number of hydrogen-bond donors (Lipinski definition) is 0. The summed E-state index contributed by atoms with van der Waals surface area (Å²) >= 11 is 3.51. The Hall–Kier alpha value is -2.57. The highest BCUT2D eigenvalue weighted by molar-refractivity contribution is 9.10. The molecule has 3 aliphatic heterocycles. The lowest BCUT2D eigenvalue weighted by Gasteiger charge is -2.57. The van der Waals surface area contributed by atoms with Gasteiger partial charge in [-0.05, 0) is 120 Å². The van der Waals surface area contributed by atoms with Gasteiger partial charge in [-0.15, -0.1) is 0 Å². The standard InChI is InChI=1S/C35H41BrN4O4S2/c1-24-10-15-28(16-11-24)45(41,42)39-23-26-6-4-20-38-21-5-7-30(35(26)38)32(39)8-3-9-34-37-31-19-14-27(36)22-33(31)40(34)46(43,44)29-17-12-25(2)13-18-29/h10-19,22,26,30,32,35H,3-9,20-21,23H2,1-2H3/t26-,30+,32+,35-/m0/s1. The quantitative estimate of drug-likeness (QED) is 0.205. The molecule has 0 spiro atoms. The first-order valence-electron chi connectivity index (χ1n) is 16.4. The molecule has 0 aliphatic carbocycles. The van der Waals surface area contributed by atoms with Gasteiger partial charge in [-0.2, -0.15) is 4.31 Å². The molecule has 4 atom stereocenters. The summed E-state index contributed by atoms with van der Waals surface area (Å²) in [6.07, 6.45) is 5.92. The second-order valence-electron chi connectivity index (χ2n) is 13.3. The lowest BCUT2D eigenvalue weighted by Crippen LogP contribution is -2.65. The van der Waals surface area contributed by atoms with Crippen LogP contribution in [-0.2, 0) is 26.5 Å². The highest BCUT2D eigenvalue weighted by atomic mass is 79.9. The number of halogens is 1. The van der Waals surface area contributed by atoms with E-state index in [0.717, 1.165) is 54.4 Å². The van der Waals surface area contributed by atoms with E-state index in [-0.39, 0.29) is 16.9 Å². The Kier molecular flexibility index (Phi) is 8.67. The molecule has 244 valence electrons. The van der Waals surface area contributed by atoms with Crippen molar-refractivity contribution in [3.05, 3.63) is 88.2 Å². The minimum Gasteiger partial charge on any atom is -0.300 e. The first-order chi connectivity index (χ1) is 22.0. The Labute approximate surface area is 281 Å². The first kappa shape index (κ1) is 32.0. The average Bonchev–Trinajstić information content (AvgIpc) is 3.40. The van der Waals surface area contributed by atoms with E-state index < -0.39 is 20.0 Å². The van der Waals surface area contributed by atoms with Gasteiger partial charge in [0.25, 0.3) is 10.0 Å². The largest absolute Gasteiger partial charge is 0.300 e. The van der Waals surface area contributed by atoms with E-state index in [0.29, 0.717) is 59.5 Å². The van der Waals surface area contributed by atoms with Crippen molar-refractivity contribution in [3.8, 4) is 0 Å². The van der Waals surface area contributed by atoms with Gasteiger partial charge in [0.2, 0.25) is 10.0 Å². The second-order valence-corrected chi connectivity index (χ2v) is 17.9. The molecule has 0 bridgehead atoms. The molecular weight excluding hydrogens is 684 g/mol. The summed E-state index contributed by atoms with van der Waals surface area (Å²) in [5.74, 6) is 1.05. The fourth-order valence-corrected chi connectivity index (χ4v) is 11.8. The Morgan fingerprint density at radius 3 is 2.13 bits per heavy atom. The van der Waals surface area contributed by atoms with E-state index in [1.807, 2.05) is 42.4 Å². The summed E-state index contributed by atoms with van der Waals surface area (Å²) in [7, 11) is -7.64. The highest BCUT2D eigenvalue weighted by Crippen LogP contribution is 2.45. The monoisotopic (exact) mass is 724 g/mol. The van der Waals surface area contributed by atoms with Crippen LogP contribution in [0, 0.1) is 25.7 Å². The topological polar surface area (TPSA) is 92.6 Å². The Bertz CT molecular complexity index is 1960. The number of benzene rings is 3. The van der Waals surface area contributed by atoms with Crippen molar-refractivity contribution in [1.29, 1.82) is 0 Å². The van der Waals surface area contributed by atoms with Gasteiger partial charge in [0.05, 0.1) is 20.8 Å². The summed E-state index contributed by atoms with van der Waals surface area (Å²) in [6.45, 7) is 6.61. The first-order valence-corrected chi connectivity index (χ1v) is 20.0. The van der Waals surface area contributed by atoms with Gasteiger partial charge in [0.1, 0.15) is 5.82 Å². The summed E-state index contributed by atoms with van der Waals surface area (Å²) < 4.78 is 60.8. The number of aromatic nitrogens is 2. The predicted molar refractivity (Wildman–Crippen MR) is 184 cm³/mol. The molecule has 4 aromatic rings. The maximum absolute atomic E-state index is 14.3. The third kappa shape index (κ3) is 5.76. The number of imidazole rings is 1. The van der Waals surface area contributed by atoms with Gasteiger partial charge in [-0.1, -0.05) is 51.3 Å². The van der Waals surface area contributed by atoms with Crippen molar-refractivity contribution in [1.82, 2.24) is 18.2 Å². The van der Waals surface area contributed by atoms with E-state index in [1.165, 1.54) is 3.97 Å². The molecular formula is C35H41BrN4O4S2. The fraction of sp³-hybridized carbons (Fsp3) is 0.457. The van der Waals surface area contributed by atoms with Crippen molar-refractivity contribution in [2.45, 2.75) is 80.7 Å². The summed E-state index contributed by atoms with van der Waals surface area (Å²) in [5.41, 5.74) is 3.15. The number of aryl methyl sites for hydroxylation is 3. The summed E-state index contributed by atoms with van der Waals surface area (Å²) in [5, 5.41) is 0. The number of rotatable bonds is 8. The SMILES string of the molecule is Cc1ccc(S(=O)(=O)N2C[C@@H]3CCCN4CCC[C@@H]([C@H]34)[C@H]2CCCc2nc3ccc(Br)cc3n2S(=O)(=O)c2ccc(C)cc2)cc1. The normalized spacial score (nSPS) is 24.2. The Morgan fingerprint density at radius 1 is 0.826 bits per heavy atom. The Morgan fingerprint density at radius 2 is 1.46 bits per heavy atom. The van der Waals surface area contributed by atoms with Crippen LogP contribution in [0.3, 0.4) is 0 Å². The molecule has 0 radical (unpaired) electrons. The average molecular weight is 726 g/mol. The molecule has 3 aromatic carbocycles. The van der Waals surface area contributed by atoms with Gasteiger partial charge in [0, 0.05) is 29.5 Å². The molecule has 0 N–H and O–H groups in total. The molecule has 3 aliphatic rings. The van der Waals surface area contributed by atoms with Gasteiger partial charge < -0.3 is 0 Å². The molecule has 0 saturated carbocycles. The molecule has 7 rings (SSSR count). The van der Waals surface area contributed by atoms with Crippen molar-refractivity contribution >= 4 is 47.0 Å². The van der Waals surface area contributed by atoms with Crippen molar-refractivity contribution in [2.24, 2.45) is 11.8 Å². The van der Waals surface area contributed by atoms with Gasteiger partial charge in [0.15, 0.2) is 0 Å². The summed E-state index contributed by atoms with van der Waals surface area (Å²) in [4.78, 5) is 8.01. The number of nitrogens with zero attached hydrogens (tertiary/aromatic N) is 4. The second kappa shape index (κ2) is 12.5. The van der Waals surface area contributed by atoms with Gasteiger partial charge in [-0.25, -0.2) is 25.8 Å². The number of piperidine rings is 3. The molecule has 4 heterocycles. The van der Waals surface area contributed by atoms with Crippen molar-refractivity contribution < 1.29 is 16.8 Å². The van der Waals surface area contributed by atoms with Gasteiger partial charge in [-0.3, -0.25) is 4.90 Å². The molecule has 0 amide bonds. The smallest absolute Gasteiger partial charge is 0.269 e. The number of hydrogen-bond acceptors (Lipinski definition) is 6. The minimum atomic E-state index is -3.92. The van der Waals surface area contributed by atoms with E-state index in [4.69, 9.17) is 4.98 Å². The molecule has 0 unspecified atom stereocenters. The maximum Gasteiger partial charge on any atom is 0.269 e. The molecule has 3 saturated heterocycles. The zero-order valence-corrected chi connectivity index (χ0v) is 29.6. The lowest BCUT2D eigenvalue weighted by atomic mass is 9.70. The number of sulfonamides is 1. The lowest BCUT2D eigenvalue weighted by molar-refractivity contribution is -0.0523. The zero-order chi connectivity index (χ0) is 32.2. The molecule has 1 aromatic heterocycles. The van der Waals surface area contributed by atoms with Crippen LogP contribution in [-0.4, -0.2) is 66.7 Å². The van der Waals surface area contributed by atoms with Crippen molar-refractivity contribution in [3.63, 3.8) is 0 Å². The van der Waals surface area contributed by atoms with Crippen LogP contribution in [0.25, 0.3) is 11.0 Å². The predicted octanol–water partition coefficient (Wildman–Crippen LogP) is 6.54. The molecule has 3 fully saturated rings. The third-order valence-corrected chi connectivity index (χ3v) is 14.5. The minimum absolute atomic E-state index is 0.158. The summed E-state index contributed by atoms with van der Waals surface area (Å²) in [6, 6.07) is 19.9. The molecule has 11 heteroatoms. The van der Waals surface area contributed by atoms with Crippen LogP contribution in [0.5, 0.6) is 0 Å². The molecule has 8 nitrogen and oxygen atoms in total. The van der Waals surface area contributed by atoms with Crippen LogP contribution < -0.4 is 0 Å². The molecule has 46 heavy (non-hydrogen) atoms. The zero-order valence-electron chi connectivity index (χ0n) is 26.3. The maximum atomic E-state index is 14.3. The number of fused-ring (bicyclic) bond motifs is 1.